The van der Waals surface area contributed by atoms with Gasteiger partial charge in [-0.15, -0.1) is 23.5 Å². The van der Waals surface area contributed by atoms with Gasteiger partial charge in [0.1, 0.15) is 0 Å². The van der Waals surface area contributed by atoms with Crippen LogP contribution in [0.2, 0.25) is 0 Å². The van der Waals surface area contributed by atoms with Crippen LogP contribution in [0.3, 0.4) is 0 Å². The Morgan fingerprint density at radius 1 is 0.929 bits per heavy atom. The van der Waals surface area contributed by atoms with Gasteiger partial charge in [0, 0.05) is 9.79 Å². The molecule has 0 heterocycles. The fraction of sp³-hybridized carbons (Fsp3) is 0.167. The third kappa shape index (κ3) is 1.77. The van der Waals surface area contributed by atoms with Crippen molar-refractivity contribution in [1.29, 1.82) is 0 Å². The molecule has 2 aromatic rings. The van der Waals surface area contributed by atoms with Crippen LogP contribution in [0.5, 0.6) is 0 Å². The van der Waals surface area contributed by atoms with E-state index in [0.717, 1.165) is 0 Å². The molecular weight excluding hydrogens is 208 g/mol. The van der Waals surface area contributed by atoms with E-state index in [1.165, 1.54) is 20.6 Å². The van der Waals surface area contributed by atoms with Crippen molar-refractivity contribution in [3.63, 3.8) is 0 Å². The normalized spacial score (nSPS) is 10.7. The van der Waals surface area contributed by atoms with Crippen molar-refractivity contribution in [1.82, 2.24) is 0 Å². The largest absolute Gasteiger partial charge is 0.130 e. The molecule has 0 nitrogen and oxygen atoms in total. The second kappa shape index (κ2) is 4.28. The molecule has 72 valence electrons. The highest BCUT2D eigenvalue weighted by Crippen LogP contribution is 2.28. The number of fused-ring (bicyclic) bond motifs is 1. The fourth-order valence-corrected chi connectivity index (χ4v) is 2.61. The number of benzene rings is 2. The molecule has 0 N–H and O–H groups in total. The first-order chi connectivity index (χ1) is 6.85. The van der Waals surface area contributed by atoms with E-state index in [1.807, 2.05) is 0 Å². The van der Waals surface area contributed by atoms with Crippen LogP contribution in [0.25, 0.3) is 10.8 Å². The lowest BCUT2D eigenvalue weighted by Crippen LogP contribution is -1.77. The van der Waals surface area contributed by atoms with Gasteiger partial charge in [-0.25, -0.2) is 0 Å². The summed E-state index contributed by atoms with van der Waals surface area (Å²) in [6.45, 7) is 0. The molecule has 0 saturated carbocycles. The molecule has 0 radical (unpaired) electrons. The van der Waals surface area contributed by atoms with E-state index in [9.17, 15) is 0 Å². The van der Waals surface area contributed by atoms with Gasteiger partial charge in [-0.1, -0.05) is 18.2 Å². The topological polar surface area (TPSA) is 0 Å². The molecule has 0 aliphatic carbocycles. The zero-order valence-corrected chi connectivity index (χ0v) is 9.91. The molecule has 2 aromatic carbocycles. The lowest BCUT2D eigenvalue weighted by atomic mass is 10.1. The van der Waals surface area contributed by atoms with Gasteiger partial charge in [0.25, 0.3) is 0 Å². The van der Waals surface area contributed by atoms with Crippen LogP contribution in [0.4, 0.5) is 0 Å². The Morgan fingerprint density at radius 2 is 1.79 bits per heavy atom. The first-order valence-corrected chi connectivity index (χ1v) is 6.91. The summed E-state index contributed by atoms with van der Waals surface area (Å²) in [4.78, 5) is 2.69. The van der Waals surface area contributed by atoms with Crippen molar-refractivity contribution in [3.8, 4) is 0 Å². The molecular formula is C12H12S2. The standard InChI is InChI=1S/C12H12S2/c1-13-10-6-7-11-9(8-10)4-3-5-12(11)14-2/h3-8H,1-2H3. The highest BCUT2D eigenvalue weighted by atomic mass is 32.2. The summed E-state index contributed by atoms with van der Waals surface area (Å²) in [7, 11) is 0. The molecule has 0 unspecified atom stereocenters. The van der Waals surface area contributed by atoms with E-state index in [-0.39, 0.29) is 0 Å². The SMILES string of the molecule is CSc1ccc2c(SC)cccc2c1. The Bertz CT molecular complexity index is 449. The third-order valence-corrected chi connectivity index (χ3v) is 3.79. The molecule has 2 rings (SSSR count). The highest BCUT2D eigenvalue weighted by Gasteiger charge is 1.99. The van der Waals surface area contributed by atoms with Crippen molar-refractivity contribution < 1.29 is 0 Å². The summed E-state index contributed by atoms with van der Waals surface area (Å²) < 4.78 is 0. The average Bonchev–Trinajstić information content (AvgIpc) is 2.27. The van der Waals surface area contributed by atoms with E-state index < -0.39 is 0 Å². The summed E-state index contributed by atoms with van der Waals surface area (Å²) in [5, 5.41) is 2.70. The minimum absolute atomic E-state index is 1.33. The summed E-state index contributed by atoms with van der Waals surface area (Å²) in [5.41, 5.74) is 0. The summed E-state index contributed by atoms with van der Waals surface area (Å²) in [6, 6.07) is 13.1. The third-order valence-electron chi connectivity index (χ3n) is 2.27. The maximum Gasteiger partial charge on any atom is 0.0148 e. The molecule has 0 fully saturated rings. The molecule has 0 atom stereocenters. The van der Waals surface area contributed by atoms with E-state index in [0.29, 0.717) is 0 Å². The molecule has 0 aromatic heterocycles. The quantitative estimate of drug-likeness (QED) is 0.693. The van der Waals surface area contributed by atoms with E-state index >= 15 is 0 Å². The molecule has 0 amide bonds. The van der Waals surface area contributed by atoms with Crippen molar-refractivity contribution >= 4 is 34.3 Å². The van der Waals surface area contributed by atoms with E-state index in [2.05, 4.69) is 48.9 Å². The van der Waals surface area contributed by atoms with Crippen LogP contribution < -0.4 is 0 Å². The lowest BCUT2D eigenvalue weighted by molar-refractivity contribution is 1.47. The van der Waals surface area contributed by atoms with Crippen molar-refractivity contribution in [2.24, 2.45) is 0 Å². The van der Waals surface area contributed by atoms with Crippen LogP contribution in [-0.2, 0) is 0 Å². The Hall–Kier alpha value is -0.600. The number of hydrogen-bond donors (Lipinski definition) is 0. The second-order valence-electron chi connectivity index (χ2n) is 3.05. The Labute approximate surface area is 93.1 Å². The molecule has 0 aliphatic heterocycles. The van der Waals surface area contributed by atoms with Gasteiger partial charge in [-0.3, -0.25) is 0 Å². The van der Waals surface area contributed by atoms with Gasteiger partial charge in [0.2, 0.25) is 0 Å². The number of rotatable bonds is 2. The zero-order chi connectivity index (χ0) is 9.97. The van der Waals surface area contributed by atoms with Gasteiger partial charge in [0.05, 0.1) is 0 Å². The van der Waals surface area contributed by atoms with Crippen molar-refractivity contribution in [2.75, 3.05) is 12.5 Å². The molecule has 2 heteroatoms. The van der Waals surface area contributed by atoms with Crippen LogP contribution in [0.1, 0.15) is 0 Å². The smallest absolute Gasteiger partial charge is 0.0148 e. The molecule has 0 aliphatic rings. The second-order valence-corrected chi connectivity index (χ2v) is 4.78. The van der Waals surface area contributed by atoms with Gasteiger partial charge in [-0.2, -0.15) is 0 Å². The molecule has 0 spiro atoms. The zero-order valence-electron chi connectivity index (χ0n) is 8.28. The van der Waals surface area contributed by atoms with Gasteiger partial charge >= 0.3 is 0 Å². The average molecular weight is 220 g/mol. The first kappa shape index (κ1) is 9.94. The van der Waals surface area contributed by atoms with Crippen LogP contribution in [0, 0.1) is 0 Å². The predicted molar refractivity (Wildman–Crippen MR) is 67.5 cm³/mol. The molecule has 14 heavy (non-hydrogen) atoms. The van der Waals surface area contributed by atoms with Gasteiger partial charge in [0.15, 0.2) is 0 Å². The monoisotopic (exact) mass is 220 g/mol. The van der Waals surface area contributed by atoms with Gasteiger partial charge in [-0.05, 0) is 41.5 Å². The number of thioether (sulfide) groups is 2. The summed E-state index contributed by atoms with van der Waals surface area (Å²) in [5.74, 6) is 0. The van der Waals surface area contributed by atoms with Gasteiger partial charge < -0.3 is 0 Å². The fourth-order valence-electron chi connectivity index (χ4n) is 1.54. The molecule has 0 saturated heterocycles. The Kier molecular flexibility index (Phi) is 3.04. The predicted octanol–water partition coefficient (Wildman–Crippen LogP) is 4.28. The number of hydrogen-bond acceptors (Lipinski definition) is 2. The van der Waals surface area contributed by atoms with Crippen LogP contribution in [0.15, 0.2) is 46.2 Å². The van der Waals surface area contributed by atoms with Crippen LogP contribution in [-0.4, -0.2) is 12.5 Å². The van der Waals surface area contributed by atoms with E-state index in [1.54, 1.807) is 23.5 Å². The van der Waals surface area contributed by atoms with Crippen LogP contribution >= 0.6 is 23.5 Å². The maximum absolute atomic E-state index is 2.25. The van der Waals surface area contributed by atoms with Crippen molar-refractivity contribution in [3.05, 3.63) is 36.4 Å². The highest BCUT2D eigenvalue weighted by molar-refractivity contribution is 7.99. The molecule has 0 bridgehead atoms. The first-order valence-electron chi connectivity index (χ1n) is 4.46. The lowest BCUT2D eigenvalue weighted by Gasteiger charge is -2.04. The van der Waals surface area contributed by atoms with E-state index in [4.69, 9.17) is 0 Å². The Balaban J connectivity index is 2.67. The maximum atomic E-state index is 2.25. The van der Waals surface area contributed by atoms with Crippen molar-refractivity contribution in [2.45, 2.75) is 9.79 Å². The Morgan fingerprint density at radius 3 is 2.50 bits per heavy atom. The minimum Gasteiger partial charge on any atom is -0.130 e. The minimum atomic E-state index is 1.33. The summed E-state index contributed by atoms with van der Waals surface area (Å²) >= 11 is 3.60. The summed E-state index contributed by atoms with van der Waals surface area (Å²) in [6.07, 6.45) is 4.23.